The molecule has 4 aliphatic rings. The number of ketones is 2. The van der Waals surface area contributed by atoms with Crippen LogP contribution in [-0.4, -0.2) is 52.1 Å². The number of unbranched alkanes of at least 4 members (excludes halogenated alkanes) is 2. The zero-order valence-electron chi connectivity index (χ0n) is 21.8. The van der Waals surface area contributed by atoms with E-state index in [0.717, 1.165) is 18.9 Å². The van der Waals surface area contributed by atoms with Gasteiger partial charge in [0, 0.05) is 34.7 Å². The summed E-state index contributed by atoms with van der Waals surface area (Å²) in [7, 11) is 0. The van der Waals surface area contributed by atoms with Crippen LogP contribution in [0.15, 0.2) is 23.6 Å². The summed E-state index contributed by atoms with van der Waals surface area (Å²) in [6.45, 7) is 6.74. The molecule has 5 nitrogen and oxygen atoms in total. The molecule has 0 aromatic heterocycles. The number of allylic oxidation sites excluding steroid dienone is 4. The van der Waals surface area contributed by atoms with Gasteiger partial charge >= 0.3 is 5.97 Å². The Labute approximate surface area is 220 Å². The number of carbonyl (C=O) groups is 3. The number of alkyl halides is 3. The van der Waals surface area contributed by atoms with Crippen LogP contribution in [0.2, 0.25) is 0 Å². The van der Waals surface area contributed by atoms with E-state index >= 15 is 8.78 Å². The smallest absolute Gasteiger partial charge is 0.306 e. The first-order valence-electron chi connectivity index (χ1n) is 13.2. The van der Waals surface area contributed by atoms with Crippen LogP contribution in [0, 0.1) is 28.6 Å². The zero-order valence-corrected chi connectivity index (χ0v) is 22.5. The van der Waals surface area contributed by atoms with E-state index in [2.05, 4.69) is 0 Å². The van der Waals surface area contributed by atoms with Gasteiger partial charge in [0.2, 0.25) is 5.78 Å². The summed E-state index contributed by atoms with van der Waals surface area (Å²) in [4.78, 5) is 38.4. The van der Waals surface area contributed by atoms with Gasteiger partial charge in [-0.1, -0.05) is 39.7 Å². The third-order valence-corrected chi connectivity index (χ3v) is 10.3. The Morgan fingerprint density at radius 2 is 1.89 bits per heavy atom. The minimum Gasteiger partial charge on any atom is -0.450 e. The number of aliphatic hydroxyl groups excluding tert-OH is 1. The van der Waals surface area contributed by atoms with Crippen molar-refractivity contribution >= 4 is 29.1 Å². The van der Waals surface area contributed by atoms with Gasteiger partial charge in [0.25, 0.3) is 0 Å². The molecule has 3 saturated carbocycles. The molecule has 4 aliphatic carbocycles. The van der Waals surface area contributed by atoms with Crippen molar-refractivity contribution in [2.24, 2.45) is 28.6 Å². The van der Waals surface area contributed by atoms with Gasteiger partial charge in [0.15, 0.2) is 22.9 Å². The molecule has 3 fully saturated rings. The van der Waals surface area contributed by atoms with Crippen molar-refractivity contribution < 1.29 is 37.4 Å². The quantitative estimate of drug-likeness (QED) is 0.259. The number of ether oxygens (including phenoxy) is 1. The summed E-state index contributed by atoms with van der Waals surface area (Å²) in [5, 5.41) is 11.5. The lowest BCUT2D eigenvalue weighted by atomic mass is 9.44. The predicted octanol–water partition coefficient (Wildman–Crippen LogP) is 5.52. The highest BCUT2D eigenvalue weighted by Crippen LogP contribution is 2.72. The third-order valence-electron chi connectivity index (χ3n) is 10.0. The molecular formula is C28H36ClF3O5. The number of hydrogen-bond donors (Lipinski definition) is 1. The summed E-state index contributed by atoms with van der Waals surface area (Å²) in [5.74, 6) is -6.23. The molecule has 0 radical (unpaired) electrons. The van der Waals surface area contributed by atoms with Gasteiger partial charge in [0.05, 0.1) is 12.0 Å². The fraction of sp³-hybridized carbons (Fsp3) is 0.750. The molecule has 3 unspecified atom stereocenters. The van der Waals surface area contributed by atoms with Crippen LogP contribution in [0.3, 0.4) is 0 Å². The van der Waals surface area contributed by atoms with Crippen molar-refractivity contribution in [1.82, 2.24) is 0 Å². The number of esters is 1. The highest BCUT2D eigenvalue weighted by molar-refractivity contribution is 6.29. The maximum absolute atomic E-state index is 17.3. The SMILES string of the molecule is CCCCCC(=O)O[C@]1(C(=O)CCl)C(C)C[C@H]2[C@@H]3CC(F)C4=C(F)C(=O)C=C[C@]4(C)[C@@]3(F)C(O)C[C@@]21C. The van der Waals surface area contributed by atoms with E-state index < -0.39 is 93.4 Å². The van der Waals surface area contributed by atoms with Gasteiger partial charge in [-0.25, -0.2) is 13.2 Å². The predicted molar refractivity (Wildman–Crippen MR) is 132 cm³/mol. The molecule has 0 aliphatic heterocycles. The van der Waals surface area contributed by atoms with Crippen molar-refractivity contribution in [3.05, 3.63) is 23.6 Å². The molecule has 4 rings (SSSR count). The minimum absolute atomic E-state index is 0.106. The second kappa shape index (κ2) is 9.51. The number of halogens is 4. The van der Waals surface area contributed by atoms with E-state index in [4.69, 9.17) is 16.3 Å². The maximum atomic E-state index is 17.3. The van der Waals surface area contributed by atoms with Gasteiger partial charge in [0.1, 0.15) is 6.17 Å². The van der Waals surface area contributed by atoms with Gasteiger partial charge < -0.3 is 9.84 Å². The fourth-order valence-corrected chi connectivity index (χ4v) is 8.53. The van der Waals surface area contributed by atoms with Crippen LogP contribution in [0.25, 0.3) is 0 Å². The van der Waals surface area contributed by atoms with Crippen LogP contribution in [0.1, 0.15) is 72.6 Å². The lowest BCUT2D eigenvalue weighted by Gasteiger charge is -2.63. The molecule has 0 aromatic carbocycles. The summed E-state index contributed by atoms with van der Waals surface area (Å²) in [6.07, 6.45) is 0.254. The molecule has 9 atom stereocenters. The third kappa shape index (κ3) is 3.64. The average Bonchev–Trinajstić information content (AvgIpc) is 3.05. The van der Waals surface area contributed by atoms with E-state index in [0.29, 0.717) is 6.42 Å². The van der Waals surface area contributed by atoms with Crippen molar-refractivity contribution in [2.75, 3.05) is 5.88 Å². The molecule has 0 aromatic rings. The first kappa shape index (κ1) is 28.3. The van der Waals surface area contributed by atoms with Crippen molar-refractivity contribution in [3.8, 4) is 0 Å². The number of Topliss-reactive ketones (excluding diaryl/α,β-unsaturated/α-hetero) is 1. The second-order valence-electron chi connectivity index (χ2n) is 11.8. The summed E-state index contributed by atoms with van der Waals surface area (Å²) < 4.78 is 53.9. The van der Waals surface area contributed by atoms with Crippen molar-refractivity contribution in [3.63, 3.8) is 0 Å². The normalized spacial score (nSPS) is 44.8. The number of aliphatic hydroxyl groups is 1. The highest BCUT2D eigenvalue weighted by Gasteiger charge is 2.78. The molecule has 0 spiro atoms. The lowest BCUT2D eigenvalue weighted by molar-refractivity contribution is -0.230. The monoisotopic (exact) mass is 544 g/mol. The van der Waals surface area contributed by atoms with Crippen LogP contribution in [0.5, 0.6) is 0 Å². The Morgan fingerprint density at radius 1 is 1.22 bits per heavy atom. The maximum Gasteiger partial charge on any atom is 0.306 e. The molecule has 0 bridgehead atoms. The van der Waals surface area contributed by atoms with Crippen LogP contribution in [0.4, 0.5) is 13.2 Å². The Morgan fingerprint density at radius 3 is 2.51 bits per heavy atom. The molecular weight excluding hydrogens is 509 g/mol. The fourth-order valence-electron chi connectivity index (χ4n) is 8.33. The Kier molecular flexibility index (Phi) is 7.28. The largest absolute Gasteiger partial charge is 0.450 e. The number of hydrogen-bond acceptors (Lipinski definition) is 5. The van der Waals surface area contributed by atoms with Gasteiger partial charge in [-0.15, -0.1) is 11.6 Å². The van der Waals surface area contributed by atoms with E-state index in [1.54, 1.807) is 13.8 Å². The molecule has 0 amide bonds. The summed E-state index contributed by atoms with van der Waals surface area (Å²) in [5.41, 5.74) is -7.91. The summed E-state index contributed by atoms with van der Waals surface area (Å²) in [6, 6.07) is 0. The van der Waals surface area contributed by atoms with Gasteiger partial charge in [-0.05, 0) is 44.6 Å². The molecule has 206 valence electrons. The standard InChI is InChI=1S/C28H36ClF3O5/c1-5-6-7-8-22(36)37-28(21(35)14-29)15(2)11-16-17-12-18(30)23-24(31)19(33)9-10-25(23,3)27(17,32)20(34)13-26(16,28)4/h9-10,15-18,20,34H,5-8,11-14H2,1-4H3/t15?,16-,17-,18?,20?,25-,26-,27-,28-/m0/s1. The molecule has 0 saturated heterocycles. The Hall–Kier alpha value is -1.67. The van der Waals surface area contributed by atoms with E-state index in [1.165, 1.54) is 13.0 Å². The first-order chi connectivity index (χ1) is 17.3. The molecule has 9 heteroatoms. The second-order valence-corrected chi connectivity index (χ2v) is 12.1. The van der Waals surface area contributed by atoms with Crippen LogP contribution >= 0.6 is 11.6 Å². The van der Waals surface area contributed by atoms with Gasteiger partial charge in [-0.2, -0.15) is 0 Å². The van der Waals surface area contributed by atoms with Crippen LogP contribution < -0.4 is 0 Å². The van der Waals surface area contributed by atoms with Crippen LogP contribution in [-0.2, 0) is 19.1 Å². The zero-order chi connectivity index (χ0) is 27.6. The average molecular weight is 545 g/mol. The minimum atomic E-state index is -2.51. The molecule has 1 N–H and O–H groups in total. The number of rotatable bonds is 7. The Bertz CT molecular complexity index is 1060. The molecule has 37 heavy (non-hydrogen) atoms. The topological polar surface area (TPSA) is 80.7 Å². The van der Waals surface area contributed by atoms with Crippen molar-refractivity contribution in [2.45, 2.75) is 96.2 Å². The van der Waals surface area contributed by atoms with Gasteiger partial charge in [-0.3, -0.25) is 14.4 Å². The number of carbonyl (C=O) groups excluding carboxylic acids is 3. The van der Waals surface area contributed by atoms with Crippen molar-refractivity contribution in [1.29, 1.82) is 0 Å². The van der Waals surface area contributed by atoms with E-state index in [9.17, 15) is 23.9 Å². The Balaban J connectivity index is 1.81. The highest BCUT2D eigenvalue weighted by atomic mass is 35.5. The number of fused-ring (bicyclic) bond motifs is 5. The lowest BCUT2D eigenvalue weighted by Crippen LogP contribution is -2.71. The summed E-state index contributed by atoms with van der Waals surface area (Å²) >= 11 is 6.03. The molecule has 0 heterocycles. The van der Waals surface area contributed by atoms with E-state index in [1.807, 2.05) is 6.92 Å². The van der Waals surface area contributed by atoms with E-state index in [-0.39, 0.29) is 19.3 Å². The first-order valence-corrected chi connectivity index (χ1v) is 13.8.